The van der Waals surface area contributed by atoms with Gasteiger partial charge in [0.2, 0.25) is 5.91 Å². The number of aliphatic hydroxyl groups is 1. The minimum absolute atomic E-state index is 0.0338. The molecular formula is C17H32N2O4. The molecule has 2 unspecified atom stereocenters. The Morgan fingerprint density at radius 2 is 2.00 bits per heavy atom. The van der Waals surface area contributed by atoms with E-state index in [2.05, 4.69) is 19.2 Å². The van der Waals surface area contributed by atoms with Crippen molar-refractivity contribution in [1.29, 1.82) is 0 Å². The summed E-state index contributed by atoms with van der Waals surface area (Å²) >= 11 is 0. The van der Waals surface area contributed by atoms with Crippen LogP contribution in [0.25, 0.3) is 0 Å². The Labute approximate surface area is 139 Å². The van der Waals surface area contributed by atoms with Gasteiger partial charge in [-0.05, 0) is 46.0 Å². The number of nitrogens with one attached hydrogen (secondary N) is 1. The Kier molecular flexibility index (Phi) is 7.32. The summed E-state index contributed by atoms with van der Waals surface area (Å²) in [6.45, 7) is 10.3. The number of hydrogen-bond acceptors (Lipinski definition) is 4. The molecule has 0 aliphatic carbocycles. The molecule has 0 spiro atoms. The highest BCUT2D eigenvalue weighted by molar-refractivity contribution is 5.76. The number of ether oxygens (including phenoxy) is 1. The van der Waals surface area contributed by atoms with Crippen LogP contribution < -0.4 is 5.32 Å². The monoisotopic (exact) mass is 328 g/mol. The third-order valence-corrected chi connectivity index (χ3v) is 3.76. The number of β-amino-alcohol motifs (C(OH)–C–C–N with tert-alkyl or cyclic N) is 1. The summed E-state index contributed by atoms with van der Waals surface area (Å²) in [6.07, 6.45) is 1.51. The molecule has 0 radical (unpaired) electrons. The average molecular weight is 328 g/mol. The first-order valence-corrected chi connectivity index (χ1v) is 8.54. The van der Waals surface area contributed by atoms with Crippen LogP contribution in [0.15, 0.2) is 0 Å². The molecule has 1 aliphatic heterocycles. The van der Waals surface area contributed by atoms with E-state index in [-0.39, 0.29) is 18.5 Å². The van der Waals surface area contributed by atoms with Gasteiger partial charge in [0, 0.05) is 13.0 Å². The molecule has 0 saturated carbocycles. The fraction of sp³-hybridized carbons (Fsp3) is 0.882. The standard InChI is InChI=1S/C17H32N2O4/c1-12(2)8-9-15(21)18-13-7-6-10-19(11-14(13)20)16(22)23-17(3,4)5/h12-14,20H,6-11H2,1-5H3,(H,18,21). The number of likely N-dealkylation sites (tertiary alicyclic amines) is 1. The SMILES string of the molecule is CC(C)CCC(=O)NC1CCCN(C(=O)OC(C)(C)C)CC1O. The summed E-state index contributed by atoms with van der Waals surface area (Å²) in [7, 11) is 0. The summed E-state index contributed by atoms with van der Waals surface area (Å²) < 4.78 is 5.35. The largest absolute Gasteiger partial charge is 0.444 e. The van der Waals surface area contributed by atoms with E-state index in [1.807, 2.05) is 20.8 Å². The number of rotatable bonds is 4. The van der Waals surface area contributed by atoms with Gasteiger partial charge in [-0.3, -0.25) is 4.79 Å². The molecule has 1 fully saturated rings. The van der Waals surface area contributed by atoms with Gasteiger partial charge in [0.25, 0.3) is 0 Å². The van der Waals surface area contributed by atoms with Gasteiger partial charge in [0.15, 0.2) is 0 Å². The molecule has 2 atom stereocenters. The molecular weight excluding hydrogens is 296 g/mol. The topological polar surface area (TPSA) is 78.9 Å². The molecule has 6 heteroatoms. The number of hydrogen-bond donors (Lipinski definition) is 2. The highest BCUT2D eigenvalue weighted by Gasteiger charge is 2.31. The van der Waals surface area contributed by atoms with Gasteiger partial charge in [-0.2, -0.15) is 0 Å². The van der Waals surface area contributed by atoms with Crippen molar-refractivity contribution in [3.8, 4) is 0 Å². The maximum Gasteiger partial charge on any atom is 0.410 e. The maximum atomic E-state index is 12.1. The summed E-state index contributed by atoms with van der Waals surface area (Å²) in [5.41, 5.74) is -0.557. The van der Waals surface area contributed by atoms with E-state index >= 15 is 0 Å². The second kappa shape index (κ2) is 8.52. The lowest BCUT2D eigenvalue weighted by Gasteiger charge is -2.28. The lowest BCUT2D eigenvalue weighted by atomic mass is 10.0. The molecule has 2 N–H and O–H groups in total. The van der Waals surface area contributed by atoms with Gasteiger partial charge in [-0.1, -0.05) is 13.8 Å². The molecule has 0 aromatic carbocycles. The molecule has 0 aromatic heterocycles. The Morgan fingerprint density at radius 3 is 2.57 bits per heavy atom. The lowest BCUT2D eigenvalue weighted by Crippen LogP contribution is -2.47. The first-order chi connectivity index (χ1) is 10.6. The van der Waals surface area contributed by atoms with Crippen LogP contribution in [0.4, 0.5) is 4.79 Å². The van der Waals surface area contributed by atoms with Crippen LogP contribution in [-0.2, 0) is 9.53 Å². The van der Waals surface area contributed by atoms with E-state index in [9.17, 15) is 14.7 Å². The minimum Gasteiger partial charge on any atom is -0.444 e. The minimum atomic E-state index is -0.770. The fourth-order valence-electron chi connectivity index (χ4n) is 2.50. The van der Waals surface area contributed by atoms with Crippen molar-refractivity contribution in [3.63, 3.8) is 0 Å². The van der Waals surface area contributed by atoms with Crippen molar-refractivity contribution in [2.24, 2.45) is 5.92 Å². The zero-order chi connectivity index (χ0) is 17.6. The van der Waals surface area contributed by atoms with Gasteiger partial charge >= 0.3 is 6.09 Å². The number of nitrogens with zero attached hydrogens (tertiary/aromatic N) is 1. The van der Waals surface area contributed by atoms with Crippen molar-refractivity contribution < 1.29 is 19.4 Å². The molecule has 23 heavy (non-hydrogen) atoms. The van der Waals surface area contributed by atoms with Gasteiger partial charge in [-0.25, -0.2) is 4.79 Å². The van der Waals surface area contributed by atoms with E-state index in [4.69, 9.17) is 4.74 Å². The summed E-state index contributed by atoms with van der Waals surface area (Å²) in [4.78, 5) is 25.6. The quantitative estimate of drug-likeness (QED) is 0.830. The number of carbonyl (C=O) groups is 2. The van der Waals surface area contributed by atoms with Gasteiger partial charge in [-0.15, -0.1) is 0 Å². The van der Waals surface area contributed by atoms with Gasteiger partial charge in [0.05, 0.1) is 18.7 Å². The number of amides is 2. The Bertz CT molecular complexity index is 404. The summed E-state index contributed by atoms with van der Waals surface area (Å²) in [5, 5.41) is 13.2. The normalized spacial score (nSPS) is 22.7. The third-order valence-electron chi connectivity index (χ3n) is 3.76. The van der Waals surface area contributed by atoms with E-state index in [1.54, 1.807) is 0 Å². The van der Waals surface area contributed by atoms with Crippen molar-refractivity contribution in [1.82, 2.24) is 10.2 Å². The molecule has 1 rings (SSSR count). The molecule has 2 amide bonds. The first-order valence-electron chi connectivity index (χ1n) is 8.54. The van der Waals surface area contributed by atoms with Crippen molar-refractivity contribution in [3.05, 3.63) is 0 Å². The predicted molar refractivity (Wildman–Crippen MR) is 89.1 cm³/mol. The van der Waals surface area contributed by atoms with E-state index in [0.717, 1.165) is 12.8 Å². The molecule has 134 valence electrons. The van der Waals surface area contributed by atoms with Crippen LogP contribution in [0.5, 0.6) is 0 Å². The smallest absolute Gasteiger partial charge is 0.410 e. The Hall–Kier alpha value is -1.30. The van der Waals surface area contributed by atoms with Crippen LogP contribution in [0.1, 0.15) is 60.3 Å². The van der Waals surface area contributed by atoms with E-state index < -0.39 is 17.8 Å². The molecule has 0 aromatic rings. The first kappa shape index (κ1) is 19.7. The Balaban J connectivity index is 2.52. The van der Waals surface area contributed by atoms with Crippen LogP contribution >= 0.6 is 0 Å². The highest BCUT2D eigenvalue weighted by Crippen LogP contribution is 2.16. The fourth-order valence-corrected chi connectivity index (χ4v) is 2.50. The lowest BCUT2D eigenvalue weighted by molar-refractivity contribution is -0.123. The highest BCUT2D eigenvalue weighted by atomic mass is 16.6. The van der Waals surface area contributed by atoms with Gasteiger partial charge in [0.1, 0.15) is 5.60 Å². The molecule has 1 aliphatic rings. The molecule has 1 heterocycles. The number of carbonyl (C=O) groups excluding carboxylic acids is 2. The van der Waals surface area contributed by atoms with Crippen LogP contribution in [0.2, 0.25) is 0 Å². The molecule has 1 saturated heterocycles. The predicted octanol–water partition coefficient (Wildman–Crippen LogP) is 2.30. The van der Waals surface area contributed by atoms with Crippen molar-refractivity contribution >= 4 is 12.0 Å². The molecule has 6 nitrogen and oxygen atoms in total. The van der Waals surface area contributed by atoms with E-state index in [0.29, 0.717) is 25.3 Å². The summed E-state index contributed by atoms with van der Waals surface area (Å²) in [6, 6.07) is -0.304. The third kappa shape index (κ3) is 7.68. The van der Waals surface area contributed by atoms with Gasteiger partial charge < -0.3 is 20.1 Å². The average Bonchev–Trinajstić information content (AvgIpc) is 2.57. The van der Waals surface area contributed by atoms with E-state index in [1.165, 1.54) is 4.90 Å². The van der Waals surface area contributed by atoms with Crippen molar-refractivity contribution in [2.45, 2.75) is 78.0 Å². The zero-order valence-electron chi connectivity index (χ0n) is 15.1. The van der Waals surface area contributed by atoms with Crippen molar-refractivity contribution in [2.75, 3.05) is 13.1 Å². The van der Waals surface area contributed by atoms with Crippen LogP contribution in [0, 0.1) is 5.92 Å². The van der Waals surface area contributed by atoms with Crippen LogP contribution in [-0.4, -0.2) is 52.8 Å². The maximum absolute atomic E-state index is 12.1. The Morgan fingerprint density at radius 1 is 1.35 bits per heavy atom. The summed E-state index contributed by atoms with van der Waals surface area (Å²) in [5.74, 6) is 0.441. The second-order valence-electron chi connectivity index (χ2n) is 7.74. The molecule has 0 bridgehead atoms. The number of aliphatic hydroxyl groups excluding tert-OH is 1. The zero-order valence-corrected chi connectivity index (χ0v) is 15.1. The van der Waals surface area contributed by atoms with Crippen LogP contribution in [0.3, 0.4) is 0 Å². The second-order valence-corrected chi connectivity index (χ2v) is 7.74.